The lowest BCUT2D eigenvalue weighted by atomic mass is 9.91. The summed E-state index contributed by atoms with van der Waals surface area (Å²) in [6.07, 6.45) is 5.54. The highest BCUT2D eigenvalue weighted by Crippen LogP contribution is 2.37. The molecule has 0 radical (unpaired) electrons. The lowest BCUT2D eigenvalue weighted by Crippen LogP contribution is -1.86. The van der Waals surface area contributed by atoms with E-state index in [1.165, 1.54) is 54.6 Å². The largest absolute Gasteiger partial charge is 0.0795 e. The zero-order chi connectivity index (χ0) is 17.8. The van der Waals surface area contributed by atoms with Crippen LogP contribution in [-0.2, 0) is 6.42 Å². The van der Waals surface area contributed by atoms with E-state index in [0.717, 1.165) is 6.42 Å². The highest BCUT2D eigenvalue weighted by molar-refractivity contribution is 6.25. The van der Waals surface area contributed by atoms with Gasteiger partial charge in [-0.05, 0) is 73.1 Å². The predicted molar refractivity (Wildman–Crippen MR) is 117 cm³/mol. The third-order valence-corrected chi connectivity index (χ3v) is 5.86. The van der Waals surface area contributed by atoms with Gasteiger partial charge in [0.2, 0.25) is 0 Å². The molecule has 0 amide bonds. The Labute approximate surface area is 158 Å². The summed E-state index contributed by atoms with van der Waals surface area (Å²) in [5.74, 6) is 0. The van der Waals surface area contributed by atoms with Gasteiger partial charge in [0.1, 0.15) is 0 Å². The monoisotopic (exact) mass is 342 g/mol. The third-order valence-electron chi connectivity index (χ3n) is 5.86. The predicted octanol–water partition coefficient (Wildman–Crippen LogP) is 7.38. The molecule has 1 aliphatic rings. The van der Waals surface area contributed by atoms with Gasteiger partial charge >= 0.3 is 0 Å². The van der Waals surface area contributed by atoms with Crippen molar-refractivity contribution >= 4 is 38.4 Å². The van der Waals surface area contributed by atoms with Crippen molar-refractivity contribution in [3.05, 3.63) is 102 Å². The third kappa shape index (κ3) is 2.17. The van der Waals surface area contributed by atoms with Crippen molar-refractivity contribution in [1.82, 2.24) is 0 Å². The molecule has 0 nitrogen and oxygen atoms in total. The number of allylic oxidation sites excluding steroid dienone is 1. The average molecular weight is 342 g/mol. The SMILES string of the molecule is C1=Cc2cc(-c3ccc4c5ccccc5c5ccccc5c4c3)ccc2C1. The number of rotatable bonds is 1. The van der Waals surface area contributed by atoms with Crippen molar-refractivity contribution in [2.75, 3.05) is 0 Å². The maximum atomic E-state index is 2.37. The number of hydrogen-bond acceptors (Lipinski definition) is 0. The van der Waals surface area contributed by atoms with Gasteiger partial charge in [0, 0.05) is 0 Å². The van der Waals surface area contributed by atoms with Gasteiger partial charge in [-0.15, -0.1) is 0 Å². The molecule has 126 valence electrons. The molecule has 0 saturated carbocycles. The van der Waals surface area contributed by atoms with Gasteiger partial charge < -0.3 is 0 Å². The Kier molecular flexibility index (Phi) is 3.04. The smallest absolute Gasteiger partial charge is 0.00882 e. The Hall–Kier alpha value is -3.38. The molecular weight excluding hydrogens is 324 g/mol. The fourth-order valence-corrected chi connectivity index (χ4v) is 4.52. The van der Waals surface area contributed by atoms with Gasteiger partial charge in [-0.2, -0.15) is 0 Å². The van der Waals surface area contributed by atoms with Gasteiger partial charge in [-0.1, -0.05) is 84.9 Å². The Bertz CT molecular complexity index is 1350. The summed E-state index contributed by atoms with van der Waals surface area (Å²) < 4.78 is 0. The molecule has 0 unspecified atom stereocenters. The van der Waals surface area contributed by atoms with Crippen LogP contribution >= 0.6 is 0 Å². The van der Waals surface area contributed by atoms with Crippen LogP contribution in [-0.4, -0.2) is 0 Å². The Morgan fingerprint density at radius 3 is 1.74 bits per heavy atom. The first-order valence-corrected chi connectivity index (χ1v) is 9.51. The second kappa shape index (κ2) is 5.56. The summed E-state index contributed by atoms with van der Waals surface area (Å²) in [5.41, 5.74) is 5.36. The van der Waals surface area contributed by atoms with Crippen LogP contribution < -0.4 is 0 Å². The second-order valence-corrected chi connectivity index (χ2v) is 7.37. The highest BCUT2D eigenvalue weighted by atomic mass is 14.1. The normalized spacial score (nSPS) is 12.9. The molecule has 0 atom stereocenters. The van der Waals surface area contributed by atoms with Crippen molar-refractivity contribution in [2.45, 2.75) is 6.42 Å². The van der Waals surface area contributed by atoms with E-state index in [9.17, 15) is 0 Å². The molecule has 5 aromatic carbocycles. The van der Waals surface area contributed by atoms with E-state index in [0.29, 0.717) is 0 Å². The summed E-state index contributed by atoms with van der Waals surface area (Å²) in [6, 6.07) is 31.3. The van der Waals surface area contributed by atoms with Crippen molar-refractivity contribution in [2.24, 2.45) is 0 Å². The summed E-state index contributed by atoms with van der Waals surface area (Å²) in [4.78, 5) is 0. The van der Waals surface area contributed by atoms with E-state index < -0.39 is 0 Å². The zero-order valence-electron chi connectivity index (χ0n) is 14.9. The Morgan fingerprint density at radius 1 is 0.481 bits per heavy atom. The van der Waals surface area contributed by atoms with E-state index >= 15 is 0 Å². The van der Waals surface area contributed by atoms with E-state index in [4.69, 9.17) is 0 Å². The topological polar surface area (TPSA) is 0 Å². The first-order chi connectivity index (χ1) is 13.4. The fraction of sp³-hybridized carbons (Fsp3) is 0.0370. The van der Waals surface area contributed by atoms with Crippen molar-refractivity contribution in [1.29, 1.82) is 0 Å². The molecule has 0 aromatic heterocycles. The van der Waals surface area contributed by atoms with Crippen molar-refractivity contribution in [3.8, 4) is 11.1 Å². The standard InChI is InChI=1S/C27H18/c1-2-10-24-22(8-1)23-9-3-4-11-25(23)27-17-21(14-15-26(24)27)20-13-12-18-6-5-7-19(18)16-20/h1-5,7-17H,6H2. The summed E-state index contributed by atoms with van der Waals surface area (Å²) in [7, 11) is 0. The van der Waals surface area contributed by atoms with Crippen LogP contribution in [0.2, 0.25) is 0 Å². The van der Waals surface area contributed by atoms with Crippen molar-refractivity contribution in [3.63, 3.8) is 0 Å². The molecular formula is C27H18. The molecule has 27 heavy (non-hydrogen) atoms. The summed E-state index contributed by atoms with van der Waals surface area (Å²) in [6.45, 7) is 0. The number of hydrogen-bond donors (Lipinski definition) is 0. The Morgan fingerprint density at radius 2 is 1.04 bits per heavy atom. The minimum Gasteiger partial charge on any atom is -0.0795 e. The van der Waals surface area contributed by atoms with Crippen LogP contribution in [0.15, 0.2) is 91.0 Å². The van der Waals surface area contributed by atoms with Gasteiger partial charge in [0.05, 0.1) is 0 Å². The van der Waals surface area contributed by atoms with Crippen LogP contribution in [0.3, 0.4) is 0 Å². The molecule has 5 aromatic rings. The number of fused-ring (bicyclic) bond motifs is 7. The zero-order valence-corrected chi connectivity index (χ0v) is 14.9. The lowest BCUT2D eigenvalue weighted by molar-refractivity contribution is 1.31. The number of benzene rings is 5. The minimum atomic E-state index is 1.06. The maximum absolute atomic E-state index is 2.37. The summed E-state index contributed by atoms with van der Waals surface area (Å²) in [5, 5.41) is 7.97. The van der Waals surface area contributed by atoms with Gasteiger partial charge in [0.15, 0.2) is 0 Å². The van der Waals surface area contributed by atoms with Crippen LogP contribution in [0.4, 0.5) is 0 Å². The molecule has 0 heteroatoms. The van der Waals surface area contributed by atoms with E-state index in [1.807, 2.05) is 0 Å². The molecule has 0 saturated heterocycles. The first-order valence-electron chi connectivity index (χ1n) is 9.51. The maximum Gasteiger partial charge on any atom is -0.00882 e. The molecule has 0 heterocycles. The molecule has 1 aliphatic carbocycles. The summed E-state index contributed by atoms with van der Waals surface area (Å²) >= 11 is 0. The fourth-order valence-electron chi connectivity index (χ4n) is 4.52. The molecule has 0 bridgehead atoms. The van der Waals surface area contributed by atoms with Gasteiger partial charge in [0.25, 0.3) is 0 Å². The van der Waals surface area contributed by atoms with E-state index in [1.54, 1.807) is 0 Å². The molecule has 6 rings (SSSR count). The van der Waals surface area contributed by atoms with Crippen LogP contribution in [0.5, 0.6) is 0 Å². The Balaban J connectivity index is 1.70. The molecule has 0 N–H and O–H groups in total. The van der Waals surface area contributed by atoms with E-state index in [2.05, 4.69) is 97.1 Å². The van der Waals surface area contributed by atoms with Gasteiger partial charge in [-0.25, -0.2) is 0 Å². The van der Waals surface area contributed by atoms with E-state index in [-0.39, 0.29) is 0 Å². The lowest BCUT2D eigenvalue weighted by Gasteiger charge is -2.12. The van der Waals surface area contributed by atoms with Crippen LogP contribution in [0, 0.1) is 0 Å². The quantitative estimate of drug-likeness (QED) is 0.279. The van der Waals surface area contributed by atoms with Crippen LogP contribution in [0.1, 0.15) is 11.1 Å². The minimum absolute atomic E-state index is 1.06. The molecule has 0 fully saturated rings. The molecule has 0 spiro atoms. The average Bonchev–Trinajstić information content (AvgIpc) is 3.21. The highest BCUT2D eigenvalue weighted by Gasteiger charge is 2.11. The second-order valence-electron chi connectivity index (χ2n) is 7.37. The van der Waals surface area contributed by atoms with Crippen LogP contribution in [0.25, 0.3) is 49.5 Å². The first kappa shape index (κ1) is 14.8. The van der Waals surface area contributed by atoms with Gasteiger partial charge in [-0.3, -0.25) is 0 Å². The molecule has 0 aliphatic heterocycles. The van der Waals surface area contributed by atoms with Crippen molar-refractivity contribution < 1.29 is 0 Å².